The van der Waals surface area contributed by atoms with Crippen molar-refractivity contribution in [2.45, 2.75) is 26.8 Å². The van der Waals surface area contributed by atoms with E-state index >= 15 is 0 Å². The molecule has 0 saturated carbocycles. The molecule has 1 heterocycles. The molecule has 7 heteroatoms. The Bertz CT molecular complexity index is 836. The minimum atomic E-state index is -0.562. The van der Waals surface area contributed by atoms with Crippen molar-refractivity contribution in [3.63, 3.8) is 0 Å². The number of halogens is 2. The van der Waals surface area contributed by atoms with Crippen LogP contribution < -0.4 is 11.1 Å². The number of hydrogen-bond acceptors (Lipinski definition) is 3. The van der Waals surface area contributed by atoms with Crippen LogP contribution in [-0.2, 0) is 4.79 Å². The van der Waals surface area contributed by atoms with Crippen LogP contribution in [0.2, 0.25) is 0 Å². The van der Waals surface area contributed by atoms with E-state index in [4.69, 9.17) is 5.73 Å². The molecule has 140 valence electrons. The number of H-pyrrole nitrogens is 1. The number of carbonyl (C=O) groups excluding carboxylic acids is 1. The first kappa shape index (κ1) is 22.0. The number of hydrogen-bond donors (Lipinski definition) is 3. The van der Waals surface area contributed by atoms with E-state index in [9.17, 15) is 4.79 Å². The second-order valence-corrected chi connectivity index (χ2v) is 7.01. The molecule has 3 rings (SSSR count). The molecule has 1 aromatic heterocycles. The summed E-state index contributed by atoms with van der Waals surface area (Å²) in [6.45, 7) is 5.84. The lowest BCUT2D eigenvalue weighted by Crippen LogP contribution is -2.45. The van der Waals surface area contributed by atoms with Gasteiger partial charge in [0, 0.05) is 11.3 Å². The van der Waals surface area contributed by atoms with Crippen LogP contribution in [0.15, 0.2) is 48.5 Å². The van der Waals surface area contributed by atoms with E-state index < -0.39 is 6.04 Å². The van der Waals surface area contributed by atoms with Crippen LogP contribution in [0.4, 0.5) is 5.69 Å². The van der Waals surface area contributed by atoms with Crippen LogP contribution >= 0.6 is 24.8 Å². The number of amides is 1. The van der Waals surface area contributed by atoms with Gasteiger partial charge >= 0.3 is 0 Å². The van der Waals surface area contributed by atoms with Gasteiger partial charge in [-0.2, -0.15) is 0 Å². The lowest BCUT2D eigenvalue weighted by Gasteiger charge is -2.25. The van der Waals surface area contributed by atoms with Crippen LogP contribution in [0.5, 0.6) is 0 Å². The average Bonchev–Trinajstić information content (AvgIpc) is 2.98. The van der Waals surface area contributed by atoms with Crippen LogP contribution in [-0.4, -0.2) is 21.9 Å². The third-order valence-electron chi connectivity index (χ3n) is 4.03. The van der Waals surface area contributed by atoms with E-state index in [2.05, 4.69) is 15.3 Å². The molecule has 1 amide bonds. The Morgan fingerprint density at radius 2 is 1.69 bits per heavy atom. The van der Waals surface area contributed by atoms with Crippen LogP contribution in [0.3, 0.4) is 0 Å². The first-order chi connectivity index (χ1) is 11.3. The van der Waals surface area contributed by atoms with E-state index in [1.807, 2.05) is 69.3 Å². The first-order valence-electron chi connectivity index (χ1n) is 7.96. The number of nitrogens with zero attached hydrogens (tertiary/aromatic N) is 1. The normalized spacial score (nSPS) is 12.0. The number of aromatic nitrogens is 2. The van der Waals surface area contributed by atoms with Crippen molar-refractivity contribution in [3.8, 4) is 11.4 Å². The van der Waals surface area contributed by atoms with Crippen molar-refractivity contribution in [3.05, 3.63) is 48.5 Å². The van der Waals surface area contributed by atoms with Crippen LogP contribution in [0, 0.1) is 5.41 Å². The molecule has 0 aliphatic rings. The molecule has 0 saturated heterocycles. The number of nitrogens with two attached hydrogens (primary N) is 1. The molecule has 0 radical (unpaired) electrons. The Morgan fingerprint density at radius 3 is 2.27 bits per heavy atom. The molecule has 2 aromatic carbocycles. The highest BCUT2D eigenvalue weighted by molar-refractivity contribution is 5.95. The van der Waals surface area contributed by atoms with E-state index in [0.29, 0.717) is 0 Å². The van der Waals surface area contributed by atoms with Crippen LogP contribution in [0.25, 0.3) is 22.4 Å². The highest BCUT2D eigenvalue weighted by atomic mass is 35.5. The third kappa shape index (κ3) is 4.75. The molecule has 4 N–H and O–H groups in total. The van der Waals surface area contributed by atoms with Crippen molar-refractivity contribution in [2.75, 3.05) is 5.32 Å². The monoisotopic (exact) mass is 394 g/mol. The molecule has 0 aliphatic heterocycles. The van der Waals surface area contributed by atoms with E-state index in [1.165, 1.54) is 0 Å². The van der Waals surface area contributed by atoms with Gasteiger partial charge in [0.15, 0.2) is 0 Å². The number of fused-ring (bicyclic) bond motifs is 1. The lowest BCUT2D eigenvalue weighted by molar-refractivity contribution is -0.119. The van der Waals surface area contributed by atoms with Gasteiger partial charge in [-0.1, -0.05) is 32.9 Å². The molecule has 5 nitrogen and oxygen atoms in total. The zero-order valence-corrected chi connectivity index (χ0v) is 16.6. The van der Waals surface area contributed by atoms with Gasteiger partial charge in [-0.15, -0.1) is 24.8 Å². The van der Waals surface area contributed by atoms with Crippen LogP contribution in [0.1, 0.15) is 20.8 Å². The first-order valence-corrected chi connectivity index (χ1v) is 7.96. The molecule has 0 unspecified atom stereocenters. The molecule has 26 heavy (non-hydrogen) atoms. The van der Waals surface area contributed by atoms with Gasteiger partial charge in [0.1, 0.15) is 5.82 Å². The number of benzene rings is 2. The smallest absolute Gasteiger partial charge is 0.241 e. The van der Waals surface area contributed by atoms with Gasteiger partial charge < -0.3 is 16.0 Å². The molecule has 0 spiro atoms. The number of nitrogens with one attached hydrogen (secondary N) is 2. The Balaban J connectivity index is 0.00000169. The fourth-order valence-corrected chi connectivity index (χ4v) is 2.41. The van der Waals surface area contributed by atoms with E-state index in [-0.39, 0.29) is 36.1 Å². The zero-order valence-electron chi connectivity index (χ0n) is 14.9. The Hall–Kier alpha value is -2.08. The second-order valence-electron chi connectivity index (χ2n) is 7.01. The van der Waals surface area contributed by atoms with Crippen molar-refractivity contribution in [1.82, 2.24) is 9.97 Å². The maximum absolute atomic E-state index is 12.2. The van der Waals surface area contributed by atoms with Crippen molar-refractivity contribution >= 4 is 47.4 Å². The van der Waals surface area contributed by atoms with Gasteiger partial charge in [0.25, 0.3) is 0 Å². The van der Waals surface area contributed by atoms with Gasteiger partial charge in [0.05, 0.1) is 17.1 Å². The number of imidazole rings is 1. The number of aromatic amines is 1. The van der Waals surface area contributed by atoms with E-state index in [0.717, 1.165) is 28.1 Å². The fourth-order valence-electron chi connectivity index (χ4n) is 2.41. The summed E-state index contributed by atoms with van der Waals surface area (Å²) in [6.07, 6.45) is 0. The predicted molar refractivity (Wildman–Crippen MR) is 112 cm³/mol. The topological polar surface area (TPSA) is 83.8 Å². The van der Waals surface area contributed by atoms with Gasteiger partial charge in [-0.25, -0.2) is 4.98 Å². The SMILES string of the molecule is CC(C)(C)[C@H](N)C(=O)Nc1ccc(-c2nc3ccccc3[nH]2)cc1.Cl.Cl. The Morgan fingerprint density at radius 1 is 1.08 bits per heavy atom. The second kappa shape index (κ2) is 8.54. The number of anilines is 1. The zero-order chi connectivity index (χ0) is 17.3. The molecule has 0 aliphatic carbocycles. The Labute approximate surface area is 165 Å². The van der Waals surface area contributed by atoms with E-state index in [1.54, 1.807) is 0 Å². The fraction of sp³-hybridized carbons (Fsp3) is 0.263. The minimum absolute atomic E-state index is 0. The highest BCUT2D eigenvalue weighted by Crippen LogP contribution is 2.23. The van der Waals surface area contributed by atoms with Gasteiger partial charge in [-0.3, -0.25) is 4.79 Å². The molecule has 1 atom stereocenters. The average molecular weight is 395 g/mol. The maximum atomic E-state index is 12.2. The van der Waals surface area contributed by atoms with Crippen molar-refractivity contribution in [2.24, 2.45) is 11.1 Å². The molecular formula is C19H24Cl2N4O. The summed E-state index contributed by atoms with van der Waals surface area (Å²) in [5, 5.41) is 2.86. The van der Waals surface area contributed by atoms with Crippen molar-refractivity contribution in [1.29, 1.82) is 0 Å². The summed E-state index contributed by atoms with van der Waals surface area (Å²) in [5.41, 5.74) is 9.32. The highest BCUT2D eigenvalue weighted by Gasteiger charge is 2.27. The third-order valence-corrected chi connectivity index (χ3v) is 4.03. The summed E-state index contributed by atoms with van der Waals surface area (Å²) in [4.78, 5) is 20.0. The molecule has 3 aromatic rings. The lowest BCUT2D eigenvalue weighted by atomic mass is 9.87. The number of para-hydroxylation sites is 2. The molecular weight excluding hydrogens is 371 g/mol. The molecule has 0 fully saturated rings. The van der Waals surface area contributed by atoms with Gasteiger partial charge in [-0.05, 0) is 41.8 Å². The summed E-state index contributed by atoms with van der Waals surface area (Å²) >= 11 is 0. The quantitative estimate of drug-likeness (QED) is 0.615. The summed E-state index contributed by atoms with van der Waals surface area (Å²) < 4.78 is 0. The summed E-state index contributed by atoms with van der Waals surface area (Å²) in [6, 6.07) is 14.9. The Kier molecular flexibility index (Phi) is 7.21. The standard InChI is InChI=1S/C19H22N4O.2ClH/c1-19(2,3)16(20)18(24)21-13-10-8-12(9-11-13)17-22-14-6-4-5-7-15(14)23-17;;/h4-11,16H,20H2,1-3H3,(H,21,24)(H,22,23);2*1H/t16-;;/m1../s1. The predicted octanol–water partition coefficient (Wildman–Crippen LogP) is 4.39. The molecule has 0 bridgehead atoms. The largest absolute Gasteiger partial charge is 0.338 e. The summed E-state index contributed by atoms with van der Waals surface area (Å²) in [5.74, 6) is 0.624. The minimum Gasteiger partial charge on any atom is -0.338 e. The van der Waals surface area contributed by atoms with Crippen molar-refractivity contribution < 1.29 is 4.79 Å². The number of carbonyl (C=O) groups is 1. The number of rotatable bonds is 3. The summed E-state index contributed by atoms with van der Waals surface area (Å²) in [7, 11) is 0. The maximum Gasteiger partial charge on any atom is 0.241 e. The van der Waals surface area contributed by atoms with Gasteiger partial charge in [0.2, 0.25) is 5.91 Å².